The fraction of sp³-hybridized carbons (Fsp3) is 0.647. The molecule has 0 spiro atoms. The van der Waals surface area contributed by atoms with Gasteiger partial charge in [0.15, 0.2) is 0 Å². The van der Waals surface area contributed by atoms with Crippen molar-refractivity contribution in [2.24, 2.45) is 0 Å². The molecule has 1 heterocycles. The summed E-state index contributed by atoms with van der Waals surface area (Å²) in [6.07, 6.45) is -0.519. The number of rotatable bonds is 3. The molecule has 0 radical (unpaired) electrons. The summed E-state index contributed by atoms with van der Waals surface area (Å²) in [5.41, 5.74) is 1.28. The first-order valence-corrected chi connectivity index (χ1v) is 8.12. The van der Waals surface area contributed by atoms with Gasteiger partial charge < -0.3 is 5.11 Å². The van der Waals surface area contributed by atoms with Gasteiger partial charge in [-0.05, 0) is 18.4 Å². The van der Waals surface area contributed by atoms with Crippen LogP contribution in [0.1, 0.15) is 24.8 Å². The number of piperazine rings is 1. The molecule has 0 unspecified atom stereocenters. The minimum Gasteiger partial charge on any atom is -0.385 e. The molecule has 0 amide bonds. The van der Waals surface area contributed by atoms with E-state index in [1.54, 1.807) is 0 Å². The van der Waals surface area contributed by atoms with Crippen molar-refractivity contribution in [2.75, 3.05) is 26.2 Å². The van der Waals surface area contributed by atoms with Crippen molar-refractivity contribution < 1.29 is 13.9 Å². The van der Waals surface area contributed by atoms with Crippen LogP contribution in [0.15, 0.2) is 30.3 Å². The van der Waals surface area contributed by atoms with Gasteiger partial charge in [-0.25, -0.2) is 8.78 Å². The maximum absolute atomic E-state index is 13.7. The van der Waals surface area contributed by atoms with Gasteiger partial charge in [0.2, 0.25) is 0 Å². The molecule has 1 aliphatic heterocycles. The Morgan fingerprint density at radius 1 is 1.09 bits per heavy atom. The summed E-state index contributed by atoms with van der Waals surface area (Å²) in [6.45, 7) is 4.14. The van der Waals surface area contributed by atoms with Crippen molar-refractivity contribution in [3.63, 3.8) is 0 Å². The summed E-state index contributed by atoms with van der Waals surface area (Å²) in [5, 5.41) is 9.94. The Morgan fingerprint density at radius 3 is 2.45 bits per heavy atom. The van der Waals surface area contributed by atoms with E-state index in [2.05, 4.69) is 21.9 Å². The Hall–Kier alpha value is -1.04. The molecule has 1 saturated heterocycles. The third kappa shape index (κ3) is 3.47. The van der Waals surface area contributed by atoms with E-state index in [4.69, 9.17) is 0 Å². The largest absolute Gasteiger partial charge is 0.385 e. The van der Waals surface area contributed by atoms with Gasteiger partial charge >= 0.3 is 0 Å². The molecule has 2 fully saturated rings. The number of nitrogens with zero attached hydrogens (tertiary/aromatic N) is 2. The smallest absolute Gasteiger partial charge is 0.275 e. The molecule has 0 bridgehead atoms. The molecule has 1 N–H and O–H groups in total. The number of benzene rings is 1. The Balaban J connectivity index is 1.53. The highest BCUT2D eigenvalue weighted by atomic mass is 19.3. The van der Waals surface area contributed by atoms with Gasteiger partial charge in [0.05, 0.1) is 0 Å². The number of hydrogen-bond donors (Lipinski definition) is 1. The summed E-state index contributed by atoms with van der Waals surface area (Å²) in [7, 11) is 0. The van der Waals surface area contributed by atoms with Gasteiger partial charge in [-0.2, -0.15) is 0 Å². The molecule has 1 aromatic carbocycles. The van der Waals surface area contributed by atoms with Crippen molar-refractivity contribution in [3.8, 4) is 0 Å². The average Bonchev–Trinajstić information content (AvgIpc) is 2.52. The van der Waals surface area contributed by atoms with Crippen molar-refractivity contribution >= 4 is 0 Å². The third-order valence-electron chi connectivity index (χ3n) is 4.93. The predicted molar refractivity (Wildman–Crippen MR) is 81.9 cm³/mol. The van der Waals surface area contributed by atoms with E-state index in [9.17, 15) is 13.9 Å². The summed E-state index contributed by atoms with van der Waals surface area (Å²) >= 11 is 0. The summed E-state index contributed by atoms with van der Waals surface area (Å²) in [4.78, 5) is 4.40. The maximum atomic E-state index is 13.7. The summed E-state index contributed by atoms with van der Waals surface area (Å²) in [6, 6.07) is 9.91. The van der Waals surface area contributed by atoms with E-state index in [1.165, 1.54) is 5.56 Å². The lowest BCUT2D eigenvalue weighted by Crippen LogP contribution is -2.58. The van der Waals surface area contributed by atoms with Crippen molar-refractivity contribution in [1.82, 2.24) is 9.80 Å². The molecule has 0 aromatic heterocycles. The molecule has 1 saturated carbocycles. The first-order chi connectivity index (χ1) is 10.6. The van der Waals surface area contributed by atoms with Crippen LogP contribution in [-0.2, 0) is 6.54 Å². The van der Waals surface area contributed by atoms with Crippen LogP contribution in [0.3, 0.4) is 0 Å². The van der Waals surface area contributed by atoms with Gasteiger partial charge in [-0.1, -0.05) is 30.3 Å². The average molecular weight is 310 g/mol. The molecule has 122 valence electrons. The molecule has 3 nitrogen and oxygen atoms in total. The standard InChI is InChI=1S/C17H24F2N2O/c18-17(19)8-4-7-15(16(17)22)21-11-9-20(10-12-21)13-14-5-2-1-3-6-14/h1-3,5-6,15-16,22H,4,7-13H2/t15-,16+/m0/s1. The zero-order valence-corrected chi connectivity index (χ0v) is 12.8. The zero-order valence-electron chi connectivity index (χ0n) is 12.8. The van der Waals surface area contributed by atoms with E-state index >= 15 is 0 Å². The highest BCUT2D eigenvalue weighted by molar-refractivity contribution is 5.14. The van der Waals surface area contributed by atoms with Crippen LogP contribution in [-0.4, -0.2) is 59.2 Å². The lowest BCUT2D eigenvalue weighted by atomic mass is 9.87. The first kappa shape index (κ1) is 15.8. The van der Waals surface area contributed by atoms with Gasteiger partial charge in [-0.15, -0.1) is 0 Å². The van der Waals surface area contributed by atoms with Gasteiger partial charge in [0.1, 0.15) is 6.10 Å². The number of halogens is 2. The molecule has 22 heavy (non-hydrogen) atoms. The molecule has 3 rings (SSSR count). The van der Waals surface area contributed by atoms with Crippen LogP contribution >= 0.6 is 0 Å². The minimum absolute atomic E-state index is 0.182. The third-order valence-corrected chi connectivity index (χ3v) is 4.93. The molecule has 1 aliphatic carbocycles. The fourth-order valence-electron chi connectivity index (χ4n) is 3.61. The Labute approximate surface area is 130 Å². The van der Waals surface area contributed by atoms with E-state index < -0.39 is 12.0 Å². The van der Waals surface area contributed by atoms with Crippen molar-refractivity contribution in [2.45, 2.75) is 43.9 Å². The molecular weight excluding hydrogens is 286 g/mol. The summed E-state index contributed by atoms with van der Waals surface area (Å²) < 4.78 is 27.4. The minimum atomic E-state index is -2.93. The van der Waals surface area contributed by atoms with Crippen LogP contribution in [0, 0.1) is 0 Å². The number of aliphatic hydroxyl groups excluding tert-OH is 1. The first-order valence-electron chi connectivity index (χ1n) is 8.12. The SMILES string of the molecule is O[C@@H]1[C@@H](N2CCN(Cc3ccccc3)CC2)CCCC1(F)F. The van der Waals surface area contributed by atoms with Crippen molar-refractivity contribution in [3.05, 3.63) is 35.9 Å². The monoisotopic (exact) mass is 310 g/mol. The number of aliphatic hydroxyl groups is 1. The number of alkyl halides is 2. The second-order valence-electron chi connectivity index (χ2n) is 6.46. The molecule has 2 aliphatic rings. The predicted octanol–water partition coefficient (Wildman–Crippen LogP) is 2.35. The van der Waals surface area contributed by atoms with E-state index in [1.807, 2.05) is 18.2 Å². The zero-order chi connectivity index (χ0) is 15.6. The molecular formula is C17H24F2N2O. The van der Waals surface area contributed by atoms with Crippen LogP contribution in [0.25, 0.3) is 0 Å². The van der Waals surface area contributed by atoms with Crippen LogP contribution in [0.2, 0.25) is 0 Å². The Kier molecular flexibility index (Phi) is 4.76. The fourth-order valence-corrected chi connectivity index (χ4v) is 3.61. The van der Waals surface area contributed by atoms with Crippen LogP contribution < -0.4 is 0 Å². The van der Waals surface area contributed by atoms with Gasteiger partial charge in [-0.3, -0.25) is 9.80 Å². The van der Waals surface area contributed by atoms with Crippen molar-refractivity contribution in [1.29, 1.82) is 0 Å². The highest BCUT2D eigenvalue weighted by Gasteiger charge is 2.48. The van der Waals surface area contributed by atoms with E-state index in [0.29, 0.717) is 12.8 Å². The second-order valence-corrected chi connectivity index (χ2v) is 6.46. The molecule has 2 atom stereocenters. The highest BCUT2D eigenvalue weighted by Crippen LogP contribution is 2.36. The van der Waals surface area contributed by atoms with E-state index in [-0.39, 0.29) is 12.5 Å². The molecule has 1 aromatic rings. The summed E-state index contributed by atoms with van der Waals surface area (Å²) in [5.74, 6) is -2.93. The van der Waals surface area contributed by atoms with Crippen LogP contribution in [0.4, 0.5) is 8.78 Å². The van der Waals surface area contributed by atoms with Gasteiger partial charge in [0.25, 0.3) is 5.92 Å². The topological polar surface area (TPSA) is 26.7 Å². The second kappa shape index (κ2) is 6.60. The Morgan fingerprint density at radius 2 is 1.77 bits per heavy atom. The molecule has 5 heteroatoms. The quantitative estimate of drug-likeness (QED) is 0.928. The van der Waals surface area contributed by atoms with Crippen LogP contribution in [0.5, 0.6) is 0 Å². The van der Waals surface area contributed by atoms with E-state index in [0.717, 1.165) is 32.7 Å². The lowest BCUT2D eigenvalue weighted by Gasteiger charge is -2.44. The maximum Gasteiger partial charge on any atom is 0.275 e. The normalized spacial score (nSPS) is 30.3. The Bertz CT molecular complexity index is 475. The van der Waals surface area contributed by atoms with Gasteiger partial charge in [0, 0.05) is 45.2 Å². The number of hydrogen-bond acceptors (Lipinski definition) is 3. The lowest BCUT2D eigenvalue weighted by molar-refractivity contribution is -0.165.